The fourth-order valence-corrected chi connectivity index (χ4v) is 5.86. The second kappa shape index (κ2) is 12.0. The van der Waals surface area contributed by atoms with Crippen LogP contribution >= 0.6 is 0 Å². The molecule has 2 N–H and O–H groups in total. The van der Waals surface area contributed by atoms with Crippen LogP contribution in [0, 0.1) is 5.82 Å². The molecule has 0 saturated heterocycles. The number of benzene rings is 3. The number of fused-ring (bicyclic) bond motifs is 1. The first-order valence-electron chi connectivity index (χ1n) is 13.0. The molecule has 0 aliphatic heterocycles. The summed E-state index contributed by atoms with van der Waals surface area (Å²) in [6.07, 6.45) is -4.56. The van der Waals surface area contributed by atoms with Crippen molar-refractivity contribution in [3.05, 3.63) is 83.8 Å². The lowest BCUT2D eigenvalue weighted by Crippen LogP contribution is -2.27. The molecule has 0 radical (unpaired) electrons. The molecule has 0 aliphatic carbocycles. The fourth-order valence-electron chi connectivity index (χ4n) is 4.61. The lowest BCUT2D eigenvalue weighted by atomic mass is 10.0. The van der Waals surface area contributed by atoms with Crippen LogP contribution in [0.15, 0.2) is 71.8 Å². The summed E-state index contributed by atoms with van der Waals surface area (Å²) in [4.78, 5) is 8.83. The number of aromatic amines is 1. The van der Waals surface area contributed by atoms with Crippen LogP contribution in [-0.4, -0.2) is 56.0 Å². The topological polar surface area (TPSA) is 122 Å². The molecule has 0 saturated carbocycles. The van der Waals surface area contributed by atoms with Gasteiger partial charge in [-0.15, -0.1) is 0 Å². The van der Waals surface area contributed by atoms with Crippen molar-refractivity contribution in [2.75, 3.05) is 30.9 Å². The van der Waals surface area contributed by atoms with Gasteiger partial charge < -0.3 is 14.8 Å². The Morgan fingerprint density at radius 3 is 2.41 bits per heavy atom. The lowest BCUT2D eigenvalue weighted by molar-refractivity contribution is -0.127. The Hall–Kier alpha value is -4.92. The van der Waals surface area contributed by atoms with Gasteiger partial charge in [-0.25, -0.2) is 22.8 Å². The van der Waals surface area contributed by atoms with E-state index in [0.717, 1.165) is 23.5 Å². The Labute approximate surface area is 249 Å². The summed E-state index contributed by atoms with van der Waals surface area (Å²) < 4.78 is 93.3. The van der Waals surface area contributed by atoms with Gasteiger partial charge in [0.05, 0.1) is 42.8 Å². The predicted molar refractivity (Wildman–Crippen MR) is 156 cm³/mol. The van der Waals surface area contributed by atoms with Crippen LogP contribution in [0.25, 0.3) is 22.4 Å². The molecule has 0 unspecified atom stereocenters. The maximum Gasteiger partial charge on any atom is 0.393 e. The van der Waals surface area contributed by atoms with Gasteiger partial charge in [-0.1, -0.05) is 18.2 Å². The van der Waals surface area contributed by atoms with Gasteiger partial charge >= 0.3 is 6.18 Å². The Kier molecular flexibility index (Phi) is 8.32. The van der Waals surface area contributed by atoms with Crippen molar-refractivity contribution in [3.8, 4) is 22.9 Å². The molecule has 2 aromatic heterocycles. The van der Waals surface area contributed by atoms with E-state index in [-0.39, 0.29) is 45.6 Å². The maximum atomic E-state index is 14.7. The molecule has 230 valence electrons. The standard InChI is InChI=1S/C29H26F4N6O4S/c1-39(44(40,41)20-7-5-4-6-8-20)24-10-9-19(42-2)11-18(24)15-34-26-22-16-35-38-28(22)37-27(36-26)21-13-23(30)25(43-3)12-17(21)14-29(31,32)33/h4-13,16H,14-15H2,1-3H3,(H2,34,35,36,37,38). The average molecular weight is 631 g/mol. The number of anilines is 2. The van der Waals surface area contributed by atoms with Crippen LogP contribution in [-0.2, 0) is 23.0 Å². The normalized spacial score (nSPS) is 11.9. The summed E-state index contributed by atoms with van der Waals surface area (Å²) in [5.74, 6) is -0.817. The zero-order valence-corrected chi connectivity index (χ0v) is 24.4. The first-order valence-corrected chi connectivity index (χ1v) is 14.4. The van der Waals surface area contributed by atoms with Crippen LogP contribution in [0.2, 0.25) is 0 Å². The minimum atomic E-state index is -4.61. The third-order valence-electron chi connectivity index (χ3n) is 6.79. The largest absolute Gasteiger partial charge is 0.497 e. The van der Waals surface area contributed by atoms with Gasteiger partial charge in [-0.05, 0) is 53.6 Å². The lowest BCUT2D eigenvalue weighted by Gasteiger charge is -2.23. The number of rotatable bonds is 10. The third-order valence-corrected chi connectivity index (χ3v) is 8.58. The van der Waals surface area contributed by atoms with E-state index in [1.54, 1.807) is 36.4 Å². The molecule has 15 heteroatoms. The summed E-state index contributed by atoms with van der Waals surface area (Å²) in [5, 5.41) is 10.2. The van der Waals surface area contributed by atoms with Gasteiger partial charge in [0.15, 0.2) is 23.0 Å². The Balaban J connectivity index is 1.55. The quantitative estimate of drug-likeness (QED) is 0.188. The monoisotopic (exact) mass is 630 g/mol. The van der Waals surface area contributed by atoms with E-state index in [9.17, 15) is 26.0 Å². The molecule has 3 aromatic carbocycles. The van der Waals surface area contributed by atoms with Gasteiger partial charge in [0.1, 0.15) is 11.6 Å². The summed E-state index contributed by atoms with van der Waals surface area (Å²) in [5.41, 5.74) is 0.543. The molecule has 0 fully saturated rings. The number of hydrogen-bond donors (Lipinski definition) is 2. The molecule has 0 aliphatic rings. The second-order valence-corrected chi connectivity index (χ2v) is 11.6. The van der Waals surface area contributed by atoms with Gasteiger partial charge in [0.25, 0.3) is 10.0 Å². The summed E-state index contributed by atoms with van der Waals surface area (Å²) in [6.45, 7) is 0.00426. The molecule has 0 spiro atoms. The van der Waals surface area contributed by atoms with E-state index < -0.39 is 28.4 Å². The van der Waals surface area contributed by atoms with Crippen molar-refractivity contribution in [2.45, 2.75) is 24.0 Å². The van der Waals surface area contributed by atoms with Crippen LogP contribution in [0.3, 0.4) is 0 Å². The van der Waals surface area contributed by atoms with Crippen LogP contribution in [0.1, 0.15) is 11.1 Å². The second-order valence-electron chi connectivity index (χ2n) is 9.60. The molecule has 44 heavy (non-hydrogen) atoms. The summed E-state index contributed by atoms with van der Waals surface area (Å²) in [6, 6.07) is 14.6. The Morgan fingerprint density at radius 1 is 0.977 bits per heavy atom. The summed E-state index contributed by atoms with van der Waals surface area (Å²) in [7, 11) is 0.113. The molecule has 5 rings (SSSR count). The number of aromatic nitrogens is 4. The third kappa shape index (κ3) is 6.22. The van der Waals surface area contributed by atoms with Crippen molar-refractivity contribution in [1.29, 1.82) is 0 Å². The van der Waals surface area contributed by atoms with E-state index >= 15 is 0 Å². The molecule has 0 atom stereocenters. The van der Waals surface area contributed by atoms with Crippen molar-refractivity contribution in [3.63, 3.8) is 0 Å². The number of nitrogens with zero attached hydrogens (tertiary/aromatic N) is 4. The maximum absolute atomic E-state index is 14.7. The fraction of sp³-hybridized carbons (Fsp3) is 0.207. The van der Waals surface area contributed by atoms with Crippen molar-refractivity contribution >= 4 is 32.6 Å². The molecule has 5 aromatic rings. The van der Waals surface area contributed by atoms with Crippen molar-refractivity contribution in [2.24, 2.45) is 0 Å². The zero-order valence-electron chi connectivity index (χ0n) is 23.6. The first-order chi connectivity index (χ1) is 20.9. The SMILES string of the molecule is COc1ccc(N(C)S(=O)(=O)c2ccccc2)c(CNc2nc(-c3cc(F)c(OC)cc3CC(F)(F)F)nc3[nH]ncc23)c1. The number of hydrogen-bond acceptors (Lipinski definition) is 8. The van der Waals surface area contributed by atoms with Gasteiger partial charge in [-0.3, -0.25) is 9.40 Å². The predicted octanol–water partition coefficient (Wildman–Crippen LogP) is 5.72. The minimum Gasteiger partial charge on any atom is -0.497 e. The number of H-pyrrole nitrogens is 1. The molecule has 10 nitrogen and oxygen atoms in total. The number of halogens is 4. The average Bonchev–Trinajstić information content (AvgIpc) is 3.49. The molecular weight excluding hydrogens is 604 g/mol. The van der Waals surface area contributed by atoms with Crippen molar-refractivity contribution < 1.29 is 35.5 Å². The van der Waals surface area contributed by atoms with E-state index in [0.29, 0.717) is 22.4 Å². The van der Waals surface area contributed by atoms with Crippen LogP contribution in [0.5, 0.6) is 11.5 Å². The highest BCUT2D eigenvalue weighted by Gasteiger charge is 2.31. The number of ether oxygens (including phenoxy) is 2. The number of sulfonamides is 1. The number of methoxy groups -OCH3 is 2. The van der Waals surface area contributed by atoms with E-state index in [2.05, 4.69) is 25.5 Å². The highest BCUT2D eigenvalue weighted by atomic mass is 32.2. The van der Waals surface area contributed by atoms with E-state index in [1.165, 1.54) is 32.5 Å². The van der Waals surface area contributed by atoms with Crippen LogP contribution in [0.4, 0.5) is 29.1 Å². The molecule has 0 bridgehead atoms. The highest BCUT2D eigenvalue weighted by molar-refractivity contribution is 7.92. The number of nitrogens with one attached hydrogen (secondary N) is 2. The van der Waals surface area contributed by atoms with E-state index in [1.807, 2.05) is 0 Å². The van der Waals surface area contributed by atoms with Gasteiger partial charge in [0, 0.05) is 19.2 Å². The molecule has 0 amide bonds. The molecular formula is C29H26F4N6O4S. The summed E-state index contributed by atoms with van der Waals surface area (Å²) >= 11 is 0. The molecule has 2 heterocycles. The number of alkyl halides is 3. The van der Waals surface area contributed by atoms with Crippen molar-refractivity contribution in [1.82, 2.24) is 20.2 Å². The Morgan fingerprint density at radius 2 is 1.73 bits per heavy atom. The minimum absolute atomic E-state index is 0.00426. The van der Waals surface area contributed by atoms with E-state index in [4.69, 9.17) is 9.47 Å². The smallest absolute Gasteiger partial charge is 0.393 e. The Bertz CT molecular complexity index is 1920. The van der Waals surface area contributed by atoms with Gasteiger partial charge in [0.2, 0.25) is 0 Å². The highest BCUT2D eigenvalue weighted by Crippen LogP contribution is 2.35. The first kappa shape index (κ1) is 30.5. The zero-order chi connectivity index (χ0) is 31.6. The van der Waals surface area contributed by atoms with Gasteiger partial charge in [-0.2, -0.15) is 18.3 Å². The van der Waals surface area contributed by atoms with Crippen LogP contribution < -0.4 is 19.1 Å².